The van der Waals surface area contributed by atoms with Crippen LogP contribution in [0, 0.1) is 0 Å². The van der Waals surface area contributed by atoms with Crippen LogP contribution in [0.5, 0.6) is 5.75 Å². The topological polar surface area (TPSA) is 37.4 Å². The average molecular weight is 348 g/mol. The highest BCUT2D eigenvalue weighted by atomic mass is 79.9. The van der Waals surface area contributed by atoms with E-state index in [4.69, 9.17) is 4.74 Å². The molecule has 0 fully saturated rings. The lowest BCUT2D eigenvalue weighted by atomic mass is 10.0. The Hall–Kier alpha value is -1.75. The fourth-order valence-electron chi connectivity index (χ4n) is 2.57. The predicted molar refractivity (Wildman–Crippen MR) is 89.2 cm³/mol. The highest BCUT2D eigenvalue weighted by molar-refractivity contribution is 9.10. The summed E-state index contributed by atoms with van der Waals surface area (Å²) in [6, 6.07) is 10.4. The van der Waals surface area contributed by atoms with E-state index in [9.17, 15) is 0 Å². The number of anilines is 2. The zero-order chi connectivity index (χ0) is 14.8. The highest BCUT2D eigenvalue weighted by Crippen LogP contribution is 2.37. The third kappa shape index (κ3) is 2.97. The molecule has 1 unspecified atom stereocenters. The second-order valence-corrected chi connectivity index (χ2v) is 6.20. The van der Waals surface area contributed by atoms with Crippen LogP contribution in [0.15, 0.2) is 41.0 Å². The fraction of sp³-hybridized carbons (Fsp3) is 0.312. The molecule has 1 aliphatic heterocycles. The first-order valence-corrected chi connectivity index (χ1v) is 7.75. The quantitative estimate of drug-likeness (QED) is 0.914. The monoisotopic (exact) mass is 347 g/mol. The summed E-state index contributed by atoms with van der Waals surface area (Å²) in [4.78, 5) is 6.46. The molecule has 1 N–H and O–H groups in total. The maximum Gasteiger partial charge on any atom is 0.151 e. The number of benzene rings is 1. The van der Waals surface area contributed by atoms with Crippen LogP contribution in [0.1, 0.15) is 18.0 Å². The van der Waals surface area contributed by atoms with E-state index in [1.165, 1.54) is 5.56 Å². The van der Waals surface area contributed by atoms with E-state index < -0.39 is 0 Å². The molecule has 0 radical (unpaired) electrons. The summed E-state index contributed by atoms with van der Waals surface area (Å²) in [5.74, 6) is 1.90. The van der Waals surface area contributed by atoms with Gasteiger partial charge in [-0.05, 0) is 30.3 Å². The third-order valence-electron chi connectivity index (χ3n) is 3.55. The summed E-state index contributed by atoms with van der Waals surface area (Å²) in [5, 5.41) is 3.61. The minimum absolute atomic E-state index is 0.231. The average Bonchev–Trinajstić information content (AvgIpc) is 2.48. The lowest BCUT2D eigenvalue weighted by Crippen LogP contribution is -2.22. The molecule has 21 heavy (non-hydrogen) atoms. The molecule has 5 heteroatoms. The molecular formula is C16H18BrN3O. The van der Waals surface area contributed by atoms with Crippen LogP contribution >= 0.6 is 15.9 Å². The number of halogens is 1. The molecule has 0 saturated carbocycles. The number of pyridine rings is 1. The van der Waals surface area contributed by atoms with Crippen molar-refractivity contribution < 1.29 is 4.74 Å². The second kappa shape index (κ2) is 5.93. The molecule has 1 atom stereocenters. The van der Waals surface area contributed by atoms with Crippen molar-refractivity contribution >= 4 is 27.4 Å². The van der Waals surface area contributed by atoms with Crippen LogP contribution in [0.3, 0.4) is 0 Å². The largest absolute Gasteiger partial charge is 0.493 e. The maximum absolute atomic E-state index is 5.74. The minimum atomic E-state index is 0.231. The summed E-state index contributed by atoms with van der Waals surface area (Å²) < 4.78 is 6.80. The van der Waals surface area contributed by atoms with Gasteiger partial charge in [-0.25, -0.2) is 4.98 Å². The Morgan fingerprint density at radius 1 is 1.33 bits per heavy atom. The van der Waals surface area contributed by atoms with Gasteiger partial charge in [-0.3, -0.25) is 0 Å². The van der Waals surface area contributed by atoms with Crippen LogP contribution in [-0.4, -0.2) is 25.7 Å². The second-order valence-electron chi connectivity index (χ2n) is 5.29. The van der Waals surface area contributed by atoms with Gasteiger partial charge in [-0.15, -0.1) is 0 Å². The van der Waals surface area contributed by atoms with Crippen LogP contribution < -0.4 is 15.0 Å². The van der Waals surface area contributed by atoms with Crippen molar-refractivity contribution in [3.63, 3.8) is 0 Å². The van der Waals surface area contributed by atoms with Gasteiger partial charge in [0.2, 0.25) is 0 Å². The van der Waals surface area contributed by atoms with Crippen molar-refractivity contribution in [2.24, 2.45) is 0 Å². The summed E-state index contributed by atoms with van der Waals surface area (Å²) in [6.07, 6.45) is 2.75. The number of ether oxygens (including phenoxy) is 1. The number of rotatable bonds is 3. The zero-order valence-electron chi connectivity index (χ0n) is 12.1. The molecule has 3 rings (SSSR count). The molecule has 1 aromatic heterocycles. The molecule has 2 aromatic rings. The van der Waals surface area contributed by atoms with Gasteiger partial charge in [0.1, 0.15) is 5.75 Å². The number of fused-ring (bicyclic) bond motifs is 1. The van der Waals surface area contributed by atoms with Crippen molar-refractivity contribution in [2.75, 3.05) is 30.9 Å². The Kier molecular flexibility index (Phi) is 4.01. The van der Waals surface area contributed by atoms with E-state index in [1.807, 2.05) is 43.4 Å². The molecule has 1 aliphatic rings. The fourth-order valence-corrected chi connectivity index (χ4v) is 2.95. The Morgan fingerprint density at radius 3 is 3.00 bits per heavy atom. The van der Waals surface area contributed by atoms with Gasteiger partial charge in [0.15, 0.2) is 5.82 Å². The number of hydrogen-bond acceptors (Lipinski definition) is 4. The van der Waals surface area contributed by atoms with Gasteiger partial charge < -0.3 is 15.0 Å². The van der Waals surface area contributed by atoms with E-state index in [1.54, 1.807) is 0 Å². The summed E-state index contributed by atoms with van der Waals surface area (Å²) in [7, 11) is 4.00. The molecule has 0 saturated heterocycles. The molecule has 0 aliphatic carbocycles. The Labute approximate surface area is 133 Å². The van der Waals surface area contributed by atoms with Gasteiger partial charge in [0.25, 0.3) is 0 Å². The zero-order valence-corrected chi connectivity index (χ0v) is 13.7. The van der Waals surface area contributed by atoms with Gasteiger partial charge in [-0.1, -0.05) is 15.9 Å². The van der Waals surface area contributed by atoms with Crippen molar-refractivity contribution in [1.29, 1.82) is 0 Å². The molecular weight excluding hydrogens is 330 g/mol. The van der Waals surface area contributed by atoms with Gasteiger partial charge >= 0.3 is 0 Å². The summed E-state index contributed by atoms with van der Waals surface area (Å²) in [5.41, 5.74) is 2.23. The summed E-state index contributed by atoms with van der Waals surface area (Å²) >= 11 is 3.54. The maximum atomic E-state index is 5.74. The highest BCUT2D eigenvalue weighted by Gasteiger charge is 2.22. The van der Waals surface area contributed by atoms with Crippen molar-refractivity contribution in [1.82, 2.24) is 4.98 Å². The Balaban J connectivity index is 1.92. The van der Waals surface area contributed by atoms with E-state index in [-0.39, 0.29) is 6.04 Å². The number of hydrogen-bond donors (Lipinski definition) is 1. The predicted octanol–water partition coefficient (Wildman–Crippen LogP) is 3.85. The first-order valence-electron chi connectivity index (χ1n) is 6.96. The number of nitrogens with one attached hydrogen (secondary N) is 1. The van der Waals surface area contributed by atoms with Gasteiger partial charge in [-0.2, -0.15) is 0 Å². The smallest absolute Gasteiger partial charge is 0.151 e. The molecule has 2 heterocycles. The van der Waals surface area contributed by atoms with Crippen molar-refractivity contribution in [3.8, 4) is 5.75 Å². The first-order chi connectivity index (χ1) is 10.1. The van der Waals surface area contributed by atoms with Gasteiger partial charge in [0.05, 0.1) is 18.3 Å². The SMILES string of the molecule is CN(C)c1ncccc1NC1CCOc2ccc(Br)cc21. The minimum Gasteiger partial charge on any atom is -0.493 e. The molecule has 110 valence electrons. The van der Waals surface area contributed by atoms with E-state index >= 15 is 0 Å². The molecule has 0 bridgehead atoms. The van der Waals surface area contributed by atoms with E-state index in [0.717, 1.165) is 34.8 Å². The molecule has 0 amide bonds. The lowest BCUT2D eigenvalue weighted by Gasteiger charge is -2.29. The molecule has 0 spiro atoms. The Morgan fingerprint density at radius 2 is 2.19 bits per heavy atom. The van der Waals surface area contributed by atoms with E-state index in [0.29, 0.717) is 0 Å². The first kappa shape index (κ1) is 14.2. The lowest BCUT2D eigenvalue weighted by molar-refractivity contribution is 0.274. The van der Waals surface area contributed by atoms with Crippen molar-refractivity contribution in [3.05, 3.63) is 46.6 Å². The van der Waals surface area contributed by atoms with Crippen molar-refractivity contribution in [2.45, 2.75) is 12.5 Å². The Bertz CT molecular complexity index is 645. The standard InChI is InChI=1S/C16H18BrN3O/c1-20(2)16-14(4-3-8-18-16)19-13-7-9-21-15-6-5-11(17)10-12(13)15/h3-6,8,10,13,19H,7,9H2,1-2H3. The third-order valence-corrected chi connectivity index (χ3v) is 4.04. The molecule has 4 nitrogen and oxygen atoms in total. The normalized spacial score (nSPS) is 16.8. The van der Waals surface area contributed by atoms with Crippen LogP contribution in [-0.2, 0) is 0 Å². The van der Waals surface area contributed by atoms with Crippen LogP contribution in [0.4, 0.5) is 11.5 Å². The van der Waals surface area contributed by atoms with Crippen LogP contribution in [0.25, 0.3) is 0 Å². The number of aromatic nitrogens is 1. The van der Waals surface area contributed by atoms with Gasteiger partial charge in [0, 0.05) is 36.7 Å². The summed E-state index contributed by atoms with van der Waals surface area (Å²) in [6.45, 7) is 0.726. The number of nitrogens with zero attached hydrogens (tertiary/aromatic N) is 2. The van der Waals surface area contributed by atoms with E-state index in [2.05, 4.69) is 38.4 Å². The van der Waals surface area contributed by atoms with Crippen LogP contribution in [0.2, 0.25) is 0 Å². The molecule has 1 aromatic carbocycles.